The lowest BCUT2D eigenvalue weighted by molar-refractivity contribution is 0.644. The van der Waals surface area contributed by atoms with Crippen molar-refractivity contribution in [1.82, 2.24) is 14.8 Å². The Labute approximate surface area is 99.5 Å². The van der Waals surface area contributed by atoms with Gasteiger partial charge in [0.15, 0.2) is 5.82 Å². The summed E-state index contributed by atoms with van der Waals surface area (Å²) in [5, 5.41) is 8.72. The topological polar surface area (TPSA) is 56.7 Å². The van der Waals surface area contributed by atoms with Gasteiger partial charge in [0, 0.05) is 23.7 Å². The fourth-order valence-electron chi connectivity index (χ4n) is 2.63. The molecule has 1 aromatic heterocycles. The number of anilines is 1. The third-order valence-electron chi connectivity index (χ3n) is 3.70. The predicted molar refractivity (Wildman–Crippen MR) is 65.5 cm³/mol. The molecule has 2 N–H and O–H groups in total. The van der Waals surface area contributed by atoms with E-state index < -0.39 is 0 Å². The van der Waals surface area contributed by atoms with Crippen LogP contribution < -0.4 is 5.73 Å². The molecule has 1 aliphatic carbocycles. The summed E-state index contributed by atoms with van der Waals surface area (Å²) in [6, 6.07) is 6.10. The van der Waals surface area contributed by atoms with Crippen molar-refractivity contribution in [2.24, 2.45) is 0 Å². The fraction of sp³-hybridized carbons (Fsp3) is 0.385. The van der Waals surface area contributed by atoms with E-state index in [0.717, 1.165) is 30.0 Å². The smallest absolute Gasteiger partial charge is 0.164 e. The number of rotatable bonds is 1. The maximum atomic E-state index is 5.86. The summed E-state index contributed by atoms with van der Waals surface area (Å²) in [5.74, 6) is 2.83. The molecule has 4 heteroatoms. The van der Waals surface area contributed by atoms with Crippen LogP contribution in [0.5, 0.6) is 0 Å². The average molecular weight is 226 g/mol. The van der Waals surface area contributed by atoms with Crippen molar-refractivity contribution in [3.8, 4) is 11.4 Å². The summed E-state index contributed by atoms with van der Waals surface area (Å²) >= 11 is 0. The Morgan fingerprint density at radius 3 is 2.94 bits per heavy atom. The second-order valence-corrected chi connectivity index (χ2v) is 4.97. The first-order valence-corrected chi connectivity index (χ1v) is 6.15. The first-order valence-electron chi connectivity index (χ1n) is 6.15. The Morgan fingerprint density at radius 2 is 2.12 bits per heavy atom. The molecule has 1 aromatic carbocycles. The molecule has 0 unspecified atom stereocenters. The lowest BCUT2D eigenvalue weighted by Crippen LogP contribution is -2.13. The Balaban J connectivity index is 1.92. The second kappa shape index (κ2) is 3.09. The summed E-state index contributed by atoms with van der Waals surface area (Å²) in [5.41, 5.74) is 9.16. The van der Waals surface area contributed by atoms with Crippen molar-refractivity contribution in [3.63, 3.8) is 0 Å². The second-order valence-electron chi connectivity index (χ2n) is 4.97. The number of aromatic nitrogens is 3. The minimum atomic E-state index is 0.652. The summed E-state index contributed by atoms with van der Waals surface area (Å²) in [7, 11) is 0. The van der Waals surface area contributed by atoms with Gasteiger partial charge in [-0.3, -0.25) is 0 Å². The van der Waals surface area contributed by atoms with Gasteiger partial charge in [0.25, 0.3) is 0 Å². The number of fused-ring (bicyclic) bond motifs is 3. The van der Waals surface area contributed by atoms with Crippen LogP contribution in [-0.2, 0) is 13.0 Å². The van der Waals surface area contributed by atoms with Gasteiger partial charge in [-0.15, -0.1) is 10.2 Å². The minimum absolute atomic E-state index is 0.652. The van der Waals surface area contributed by atoms with E-state index in [1.165, 1.54) is 24.2 Å². The van der Waals surface area contributed by atoms with Crippen LogP contribution in [0.4, 0.5) is 5.69 Å². The van der Waals surface area contributed by atoms with E-state index in [4.69, 9.17) is 5.73 Å². The van der Waals surface area contributed by atoms with Crippen molar-refractivity contribution in [1.29, 1.82) is 0 Å². The van der Waals surface area contributed by atoms with Gasteiger partial charge in [0.2, 0.25) is 0 Å². The molecule has 0 amide bonds. The Morgan fingerprint density at radius 1 is 1.24 bits per heavy atom. The maximum absolute atomic E-state index is 5.86. The number of hydrogen-bond acceptors (Lipinski definition) is 3. The van der Waals surface area contributed by atoms with Crippen LogP contribution in [0.25, 0.3) is 11.4 Å². The first kappa shape index (κ1) is 9.22. The van der Waals surface area contributed by atoms with Gasteiger partial charge < -0.3 is 10.3 Å². The van der Waals surface area contributed by atoms with E-state index in [1.54, 1.807) is 0 Å². The third-order valence-corrected chi connectivity index (χ3v) is 3.70. The van der Waals surface area contributed by atoms with Gasteiger partial charge in [-0.1, -0.05) is 6.07 Å². The normalized spacial score (nSPS) is 17.6. The monoisotopic (exact) mass is 226 g/mol. The highest BCUT2D eigenvalue weighted by Gasteiger charge is 2.32. The molecule has 1 saturated carbocycles. The molecule has 4 rings (SSSR count). The number of nitrogens with zero attached hydrogens (tertiary/aromatic N) is 3. The van der Waals surface area contributed by atoms with Gasteiger partial charge in [-0.05, 0) is 37.0 Å². The highest BCUT2D eigenvalue weighted by molar-refractivity contribution is 5.67. The zero-order valence-corrected chi connectivity index (χ0v) is 9.56. The van der Waals surface area contributed by atoms with E-state index >= 15 is 0 Å². The van der Waals surface area contributed by atoms with E-state index in [0.29, 0.717) is 5.92 Å². The summed E-state index contributed by atoms with van der Waals surface area (Å²) < 4.78 is 2.28. The van der Waals surface area contributed by atoms with E-state index in [1.807, 2.05) is 12.1 Å². The van der Waals surface area contributed by atoms with Crippen LogP contribution >= 0.6 is 0 Å². The first-order chi connectivity index (χ1) is 8.33. The lowest BCUT2D eigenvalue weighted by atomic mass is 10.00. The maximum Gasteiger partial charge on any atom is 0.164 e. The number of benzene rings is 1. The van der Waals surface area contributed by atoms with E-state index in [2.05, 4.69) is 20.8 Å². The highest BCUT2D eigenvalue weighted by Crippen LogP contribution is 2.41. The van der Waals surface area contributed by atoms with Crippen molar-refractivity contribution >= 4 is 5.69 Å². The van der Waals surface area contributed by atoms with Gasteiger partial charge in [-0.25, -0.2) is 0 Å². The Kier molecular flexibility index (Phi) is 1.68. The zero-order chi connectivity index (χ0) is 11.4. The fourth-order valence-corrected chi connectivity index (χ4v) is 2.63. The molecule has 1 aliphatic heterocycles. The Hall–Kier alpha value is -1.84. The van der Waals surface area contributed by atoms with Crippen molar-refractivity contribution < 1.29 is 0 Å². The van der Waals surface area contributed by atoms with Crippen molar-refractivity contribution in [3.05, 3.63) is 29.6 Å². The number of hydrogen-bond donors (Lipinski definition) is 1. The largest absolute Gasteiger partial charge is 0.399 e. The molecule has 4 nitrogen and oxygen atoms in total. The van der Waals surface area contributed by atoms with Crippen LogP contribution in [0.1, 0.15) is 30.1 Å². The molecule has 0 atom stereocenters. The Bertz CT molecular complexity index is 595. The number of nitrogens with two attached hydrogens (primary N) is 1. The van der Waals surface area contributed by atoms with Gasteiger partial charge >= 0.3 is 0 Å². The van der Waals surface area contributed by atoms with Crippen LogP contribution in [0, 0.1) is 0 Å². The average Bonchev–Trinajstić information content (AvgIpc) is 3.08. The molecular weight excluding hydrogens is 212 g/mol. The van der Waals surface area contributed by atoms with Gasteiger partial charge in [0.1, 0.15) is 5.82 Å². The summed E-state index contributed by atoms with van der Waals surface area (Å²) in [6.45, 7) is 1.01. The zero-order valence-electron chi connectivity index (χ0n) is 9.56. The quantitative estimate of drug-likeness (QED) is 0.756. The SMILES string of the molecule is Nc1ccc2c(c1)-c1nnc(C3CC3)n1CC2. The van der Waals surface area contributed by atoms with Crippen molar-refractivity contribution in [2.75, 3.05) is 5.73 Å². The van der Waals surface area contributed by atoms with Crippen LogP contribution in [0.15, 0.2) is 18.2 Å². The highest BCUT2D eigenvalue weighted by atomic mass is 15.3. The number of aryl methyl sites for hydroxylation is 1. The molecule has 2 aliphatic rings. The lowest BCUT2D eigenvalue weighted by Gasteiger charge is -2.18. The summed E-state index contributed by atoms with van der Waals surface area (Å²) in [6.07, 6.45) is 3.59. The molecule has 0 saturated heterocycles. The van der Waals surface area contributed by atoms with Crippen LogP contribution in [0.2, 0.25) is 0 Å². The third kappa shape index (κ3) is 1.30. The van der Waals surface area contributed by atoms with E-state index in [-0.39, 0.29) is 0 Å². The minimum Gasteiger partial charge on any atom is -0.399 e. The number of nitrogen functional groups attached to an aromatic ring is 1. The van der Waals surface area contributed by atoms with Gasteiger partial charge in [-0.2, -0.15) is 0 Å². The molecule has 86 valence electrons. The van der Waals surface area contributed by atoms with E-state index in [9.17, 15) is 0 Å². The molecule has 1 fully saturated rings. The summed E-state index contributed by atoms with van der Waals surface area (Å²) in [4.78, 5) is 0. The molecular formula is C13H14N4. The van der Waals surface area contributed by atoms with Crippen LogP contribution in [0.3, 0.4) is 0 Å². The predicted octanol–water partition coefficient (Wildman–Crippen LogP) is 1.96. The van der Waals surface area contributed by atoms with Gasteiger partial charge in [0.05, 0.1) is 0 Å². The van der Waals surface area contributed by atoms with Crippen molar-refractivity contribution in [2.45, 2.75) is 31.7 Å². The molecule has 0 bridgehead atoms. The van der Waals surface area contributed by atoms with Crippen LogP contribution in [-0.4, -0.2) is 14.8 Å². The molecule has 2 aromatic rings. The molecule has 0 spiro atoms. The standard InChI is InChI=1S/C13H14N4/c14-10-4-3-8-5-6-17-12(9-1-2-9)15-16-13(17)11(8)7-10/h3-4,7,9H,1-2,5-6,14H2. The molecule has 17 heavy (non-hydrogen) atoms. The molecule has 0 radical (unpaired) electrons. The molecule has 2 heterocycles.